The molecule has 1 heterocycles. The third-order valence-electron chi connectivity index (χ3n) is 4.35. The van der Waals surface area contributed by atoms with Gasteiger partial charge in [0.05, 0.1) is 6.04 Å². The molecule has 0 aromatic heterocycles. The van der Waals surface area contributed by atoms with Crippen LogP contribution in [0.3, 0.4) is 0 Å². The maximum Gasteiger partial charge on any atom is 0.239 e. The Morgan fingerprint density at radius 1 is 1.38 bits per heavy atom. The molecule has 0 radical (unpaired) electrons. The topological polar surface area (TPSA) is 95.7 Å². The molecule has 2 amide bonds. The summed E-state index contributed by atoms with van der Waals surface area (Å²) >= 11 is 0. The van der Waals surface area contributed by atoms with Crippen molar-refractivity contribution in [3.63, 3.8) is 0 Å². The fourth-order valence-electron chi connectivity index (χ4n) is 2.51. The molecule has 1 fully saturated rings. The summed E-state index contributed by atoms with van der Waals surface area (Å²) in [5.41, 5.74) is 5.98. The van der Waals surface area contributed by atoms with Gasteiger partial charge in [0.2, 0.25) is 11.8 Å². The number of nitrogens with two attached hydrogens (primary N) is 1. The lowest BCUT2D eigenvalue weighted by atomic mass is 9.93. The van der Waals surface area contributed by atoms with Crippen LogP contribution in [-0.2, 0) is 9.59 Å². The highest BCUT2D eigenvalue weighted by Crippen LogP contribution is 2.19. The molecule has 4 N–H and O–H groups in total. The lowest BCUT2D eigenvalue weighted by Crippen LogP contribution is -2.50. The van der Waals surface area contributed by atoms with Crippen molar-refractivity contribution in [3.8, 4) is 0 Å². The molecule has 6 nitrogen and oxygen atoms in total. The summed E-state index contributed by atoms with van der Waals surface area (Å²) in [4.78, 5) is 26.0. The number of nitrogens with one attached hydrogen (secondary N) is 1. The predicted molar refractivity (Wildman–Crippen MR) is 81.4 cm³/mol. The summed E-state index contributed by atoms with van der Waals surface area (Å²) in [6.07, 6.45) is 2.83. The number of nitrogens with zero attached hydrogens (tertiary/aromatic N) is 1. The molecule has 122 valence electrons. The number of aliphatic hydroxyl groups is 1. The van der Waals surface area contributed by atoms with Gasteiger partial charge in [0.15, 0.2) is 0 Å². The first-order valence-corrected chi connectivity index (χ1v) is 7.94. The van der Waals surface area contributed by atoms with Crippen molar-refractivity contribution >= 4 is 11.8 Å². The normalized spacial score (nSPS) is 19.1. The van der Waals surface area contributed by atoms with Gasteiger partial charge in [-0.25, -0.2) is 0 Å². The Morgan fingerprint density at radius 3 is 2.52 bits per heavy atom. The summed E-state index contributed by atoms with van der Waals surface area (Å²) in [5.74, 6) is 0.176. The molecule has 0 spiro atoms. The molecule has 0 aromatic carbocycles. The van der Waals surface area contributed by atoms with Gasteiger partial charge < -0.3 is 21.1 Å². The molecule has 1 rings (SSSR count). The standard InChI is InChI=1S/C15H29N3O3/c1-3-11(2)13(16)15(21)18-8-5-12(6-9-18)14(20)17-7-4-10-19/h11-13,19H,3-10,16H2,1-2H3,(H,17,20)/t11-,13-/m0/s1. The second kappa shape index (κ2) is 9.00. The summed E-state index contributed by atoms with van der Waals surface area (Å²) in [5, 5.41) is 11.5. The number of carbonyl (C=O) groups is 2. The van der Waals surface area contributed by atoms with E-state index in [-0.39, 0.29) is 30.3 Å². The molecule has 6 heteroatoms. The van der Waals surface area contributed by atoms with Gasteiger partial charge in [-0.1, -0.05) is 20.3 Å². The molecule has 0 aliphatic carbocycles. The van der Waals surface area contributed by atoms with Crippen LogP contribution in [0.15, 0.2) is 0 Å². The van der Waals surface area contributed by atoms with Crippen LogP contribution in [0.1, 0.15) is 39.5 Å². The number of hydrogen-bond donors (Lipinski definition) is 3. The minimum atomic E-state index is -0.440. The zero-order valence-corrected chi connectivity index (χ0v) is 13.2. The van der Waals surface area contributed by atoms with E-state index in [1.165, 1.54) is 0 Å². The maximum atomic E-state index is 12.3. The number of hydrogen-bond acceptors (Lipinski definition) is 4. The molecule has 2 atom stereocenters. The summed E-state index contributed by atoms with van der Waals surface area (Å²) < 4.78 is 0. The Kier molecular flexibility index (Phi) is 7.67. The SMILES string of the molecule is CC[C@H](C)[C@H](N)C(=O)N1CCC(C(=O)NCCCO)CC1. The van der Waals surface area contributed by atoms with Crippen LogP contribution in [-0.4, -0.2) is 54.1 Å². The van der Waals surface area contributed by atoms with Gasteiger partial charge in [0, 0.05) is 32.2 Å². The van der Waals surface area contributed by atoms with Crippen molar-refractivity contribution in [3.05, 3.63) is 0 Å². The number of aliphatic hydroxyl groups excluding tert-OH is 1. The largest absolute Gasteiger partial charge is 0.396 e. The van der Waals surface area contributed by atoms with E-state index in [0.717, 1.165) is 6.42 Å². The molecule has 1 aliphatic rings. The Hall–Kier alpha value is -1.14. The minimum Gasteiger partial charge on any atom is -0.396 e. The quantitative estimate of drug-likeness (QED) is 0.581. The first kappa shape index (κ1) is 17.9. The Balaban J connectivity index is 2.37. The van der Waals surface area contributed by atoms with E-state index in [4.69, 9.17) is 10.8 Å². The van der Waals surface area contributed by atoms with Crippen molar-refractivity contribution in [2.45, 2.75) is 45.6 Å². The lowest BCUT2D eigenvalue weighted by molar-refractivity contribution is -0.137. The van der Waals surface area contributed by atoms with Crippen LogP contribution in [0, 0.1) is 11.8 Å². The van der Waals surface area contributed by atoms with E-state index in [2.05, 4.69) is 5.32 Å². The fraction of sp³-hybridized carbons (Fsp3) is 0.867. The second-order valence-electron chi connectivity index (χ2n) is 5.88. The van der Waals surface area contributed by atoms with Crippen LogP contribution in [0.25, 0.3) is 0 Å². The fourth-order valence-corrected chi connectivity index (χ4v) is 2.51. The Labute approximate surface area is 127 Å². The van der Waals surface area contributed by atoms with Gasteiger partial charge in [-0.3, -0.25) is 9.59 Å². The van der Waals surface area contributed by atoms with Gasteiger partial charge in [-0.2, -0.15) is 0 Å². The monoisotopic (exact) mass is 299 g/mol. The number of carbonyl (C=O) groups excluding carboxylic acids is 2. The number of rotatable bonds is 7. The smallest absolute Gasteiger partial charge is 0.239 e. The molecule has 0 bridgehead atoms. The molecule has 21 heavy (non-hydrogen) atoms. The van der Waals surface area contributed by atoms with Crippen LogP contribution in [0.5, 0.6) is 0 Å². The van der Waals surface area contributed by atoms with Gasteiger partial charge in [-0.05, 0) is 25.2 Å². The zero-order chi connectivity index (χ0) is 15.8. The van der Waals surface area contributed by atoms with Crippen molar-refractivity contribution in [2.24, 2.45) is 17.6 Å². The van der Waals surface area contributed by atoms with Crippen molar-refractivity contribution in [2.75, 3.05) is 26.2 Å². The van der Waals surface area contributed by atoms with E-state index >= 15 is 0 Å². The third-order valence-corrected chi connectivity index (χ3v) is 4.35. The molecule has 1 aliphatic heterocycles. The van der Waals surface area contributed by atoms with Gasteiger partial charge in [0.25, 0.3) is 0 Å². The number of amides is 2. The average Bonchev–Trinajstić information content (AvgIpc) is 2.52. The lowest BCUT2D eigenvalue weighted by Gasteiger charge is -2.34. The first-order valence-electron chi connectivity index (χ1n) is 7.94. The molecule has 0 unspecified atom stereocenters. The van der Waals surface area contributed by atoms with Gasteiger partial charge in [0.1, 0.15) is 0 Å². The maximum absolute atomic E-state index is 12.3. The molecule has 1 saturated heterocycles. The van der Waals surface area contributed by atoms with Crippen LogP contribution < -0.4 is 11.1 Å². The third kappa shape index (κ3) is 5.28. The second-order valence-corrected chi connectivity index (χ2v) is 5.88. The predicted octanol–water partition coefficient (Wildman–Crippen LogP) is 0.0970. The van der Waals surface area contributed by atoms with Gasteiger partial charge >= 0.3 is 0 Å². The minimum absolute atomic E-state index is 0.00323. The number of piperidine rings is 1. The van der Waals surface area contributed by atoms with E-state index in [1.54, 1.807) is 4.90 Å². The number of likely N-dealkylation sites (tertiary alicyclic amines) is 1. The Bertz CT molecular complexity index is 341. The van der Waals surface area contributed by atoms with E-state index in [1.807, 2.05) is 13.8 Å². The van der Waals surface area contributed by atoms with Crippen LogP contribution in [0.4, 0.5) is 0 Å². The molecule has 0 aromatic rings. The van der Waals surface area contributed by atoms with Crippen LogP contribution >= 0.6 is 0 Å². The molecule has 0 saturated carbocycles. The average molecular weight is 299 g/mol. The van der Waals surface area contributed by atoms with Crippen molar-refractivity contribution in [1.82, 2.24) is 10.2 Å². The van der Waals surface area contributed by atoms with Crippen molar-refractivity contribution < 1.29 is 14.7 Å². The highest BCUT2D eigenvalue weighted by molar-refractivity contribution is 5.83. The highest BCUT2D eigenvalue weighted by Gasteiger charge is 2.30. The highest BCUT2D eigenvalue weighted by atomic mass is 16.3. The first-order chi connectivity index (χ1) is 10.0. The van der Waals surface area contributed by atoms with E-state index < -0.39 is 6.04 Å². The summed E-state index contributed by atoms with van der Waals surface area (Å²) in [7, 11) is 0. The van der Waals surface area contributed by atoms with E-state index in [0.29, 0.717) is 38.9 Å². The van der Waals surface area contributed by atoms with Crippen LogP contribution in [0.2, 0.25) is 0 Å². The molecular weight excluding hydrogens is 270 g/mol. The van der Waals surface area contributed by atoms with Crippen molar-refractivity contribution in [1.29, 1.82) is 0 Å². The molecular formula is C15H29N3O3. The zero-order valence-electron chi connectivity index (χ0n) is 13.2. The van der Waals surface area contributed by atoms with Gasteiger partial charge in [-0.15, -0.1) is 0 Å². The summed E-state index contributed by atoms with van der Waals surface area (Å²) in [6, 6.07) is -0.440. The van der Waals surface area contributed by atoms with E-state index in [9.17, 15) is 9.59 Å². The summed E-state index contributed by atoms with van der Waals surface area (Å²) in [6.45, 7) is 5.81. The Morgan fingerprint density at radius 2 is 2.00 bits per heavy atom.